The lowest BCUT2D eigenvalue weighted by Crippen LogP contribution is -2.15. The third kappa shape index (κ3) is 6.12. The highest BCUT2D eigenvalue weighted by atomic mass is 35.5. The monoisotopic (exact) mass is 549 g/mol. The number of carbonyl (C=O) groups is 1. The molecule has 2 aromatic heterocycles. The summed E-state index contributed by atoms with van der Waals surface area (Å²) in [6.45, 7) is 1.85. The number of thioether (sulfide) groups is 1. The number of carbonyl (C=O) groups excluding carboxylic acids is 1. The second-order valence-corrected chi connectivity index (χ2v) is 11.2. The van der Waals surface area contributed by atoms with E-state index >= 15 is 0 Å². The number of aryl methyl sites for hydroxylation is 1. The molecule has 2 heterocycles. The van der Waals surface area contributed by atoms with Crippen LogP contribution in [0.5, 0.6) is 5.75 Å². The van der Waals surface area contributed by atoms with Gasteiger partial charge in [-0.1, -0.05) is 47.8 Å². The summed E-state index contributed by atoms with van der Waals surface area (Å²) < 4.78 is 7.73. The zero-order valence-corrected chi connectivity index (χ0v) is 22.6. The summed E-state index contributed by atoms with van der Waals surface area (Å²) in [6.07, 6.45) is 6.08. The lowest BCUT2D eigenvalue weighted by molar-refractivity contribution is -0.113. The van der Waals surface area contributed by atoms with E-state index in [1.54, 1.807) is 34.1 Å². The Morgan fingerprint density at radius 2 is 2.06 bits per heavy atom. The average molecular weight is 551 g/mol. The molecule has 1 amide bonds. The van der Waals surface area contributed by atoms with Crippen LogP contribution in [0.15, 0.2) is 23.4 Å². The number of halogens is 2. The van der Waals surface area contributed by atoms with Crippen LogP contribution < -0.4 is 10.1 Å². The van der Waals surface area contributed by atoms with Gasteiger partial charge in [-0.25, -0.2) is 0 Å². The van der Waals surface area contributed by atoms with E-state index in [-0.39, 0.29) is 11.7 Å². The molecular weight excluding hydrogens is 525 g/mol. The molecule has 0 spiro atoms. The van der Waals surface area contributed by atoms with Crippen LogP contribution in [-0.2, 0) is 24.7 Å². The molecule has 0 bridgehead atoms. The highest BCUT2D eigenvalue weighted by Gasteiger charge is 2.22. The van der Waals surface area contributed by atoms with Crippen LogP contribution in [0.2, 0.25) is 10.0 Å². The molecule has 1 aromatic carbocycles. The Morgan fingerprint density at radius 3 is 2.80 bits per heavy atom. The fourth-order valence-corrected chi connectivity index (χ4v) is 6.47. The smallest absolute Gasteiger partial charge is 0.235 e. The molecule has 0 saturated heterocycles. The number of amides is 1. The topological polar surface area (TPSA) is 92.8 Å². The molecule has 3 aromatic rings. The standard InChI is InChI=1S/C24H25Cl2N5O2S2/c1-14(33-19-10-9-15(25)11-18(19)26)22-29-30-24(31(22)2)34-13-21(32)28-23-17(12-27)16-7-5-3-4-6-8-20(16)35-23/h9-11,14H,3-8,13H2,1-2H3,(H,28,32). The van der Waals surface area contributed by atoms with E-state index in [1.165, 1.54) is 29.5 Å². The lowest BCUT2D eigenvalue weighted by atomic mass is 9.97. The first kappa shape index (κ1) is 25.8. The van der Waals surface area contributed by atoms with Crippen molar-refractivity contribution in [3.05, 3.63) is 50.1 Å². The highest BCUT2D eigenvalue weighted by molar-refractivity contribution is 7.99. The van der Waals surface area contributed by atoms with Crippen molar-refractivity contribution in [1.29, 1.82) is 5.26 Å². The van der Waals surface area contributed by atoms with Gasteiger partial charge in [-0.3, -0.25) is 4.79 Å². The van der Waals surface area contributed by atoms with Crippen molar-refractivity contribution in [2.24, 2.45) is 7.05 Å². The Kier molecular flexibility index (Phi) is 8.60. The third-order valence-corrected chi connectivity index (χ3v) is 8.56. The number of nitriles is 1. The molecule has 0 aliphatic heterocycles. The third-order valence-electron chi connectivity index (χ3n) is 5.80. The fraction of sp³-hybridized carbons (Fsp3) is 0.417. The van der Waals surface area contributed by atoms with Gasteiger partial charge in [0.25, 0.3) is 0 Å². The van der Waals surface area contributed by atoms with Crippen molar-refractivity contribution >= 4 is 57.2 Å². The number of thiophene rings is 1. The molecule has 7 nitrogen and oxygen atoms in total. The van der Waals surface area contributed by atoms with Gasteiger partial charge < -0.3 is 14.6 Å². The normalized spacial score (nSPS) is 14.4. The second-order valence-electron chi connectivity index (χ2n) is 8.31. The Labute approximate surface area is 222 Å². The molecule has 0 fully saturated rings. The predicted octanol–water partition coefficient (Wildman–Crippen LogP) is 6.58. The zero-order valence-electron chi connectivity index (χ0n) is 19.4. The number of aromatic nitrogens is 3. The molecule has 0 saturated carbocycles. The molecule has 1 N–H and O–H groups in total. The fourth-order valence-electron chi connectivity index (χ4n) is 4.04. The summed E-state index contributed by atoms with van der Waals surface area (Å²) in [5, 5.41) is 23.3. The number of hydrogen-bond donors (Lipinski definition) is 1. The van der Waals surface area contributed by atoms with Crippen LogP contribution in [0.3, 0.4) is 0 Å². The number of hydrogen-bond acceptors (Lipinski definition) is 7. The van der Waals surface area contributed by atoms with Crippen LogP contribution in [0, 0.1) is 11.3 Å². The van der Waals surface area contributed by atoms with E-state index in [4.69, 9.17) is 27.9 Å². The SMILES string of the molecule is CC(Oc1ccc(Cl)cc1Cl)c1nnc(SCC(=O)Nc2sc3c(c2C#N)CCCCCC3)n1C. The number of ether oxygens (including phenoxy) is 1. The van der Waals surface area contributed by atoms with E-state index in [2.05, 4.69) is 21.6 Å². The maximum absolute atomic E-state index is 12.7. The number of nitrogens with zero attached hydrogens (tertiary/aromatic N) is 4. The maximum atomic E-state index is 12.7. The van der Waals surface area contributed by atoms with E-state index in [9.17, 15) is 10.1 Å². The summed E-state index contributed by atoms with van der Waals surface area (Å²) in [4.78, 5) is 14.0. The zero-order chi connectivity index (χ0) is 24.9. The average Bonchev–Trinajstić information content (AvgIpc) is 3.33. The Hall–Kier alpha value is -2.25. The largest absolute Gasteiger partial charge is 0.481 e. The van der Waals surface area contributed by atoms with Crippen molar-refractivity contribution in [3.63, 3.8) is 0 Å². The molecular formula is C24H25Cl2N5O2S2. The first-order chi connectivity index (χ1) is 16.9. The van der Waals surface area contributed by atoms with Gasteiger partial charge in [0.05, 0.1) is 16.3 Å². The molecule has 1 atom stereocenters. The van der Waals surface area contributed by atoms with Crippen molar-refractivity contribution in [1.82, 2.24) is 14.8 Å². The van der Waals surface area contributed by atoms with E-state index in [1.807, 2.05) is 14.0 Å². The van der Waals surface area contributed by atoms with E-state index in [0.717, 1.165) is 31.2 Å². The van der Waals surface area contributed by atoms with Gasteiger partial charge in [-0.2, -0.15) is 5.26 Å². The minimum atomic E-state index is -0.418. The summed E-state index contributed by atoms with van der Waals surface area (Å²) >= 11 is 15.0. The van der Waals surface area contributed by atoms with E-state index < -0.39 is 6.10 Å². The number of anilines is 1. The van der Waals surface area contributed by atoms with Crippen molar-refractivity contribution < 1.29 is 9.53 Å². The first-order valence-electron chi connectivity index (χ1n) is 11.4. The molecule has 4 rings (SSSR count). The van der Waals surface area contributed by atoms with Crippen LogP contribution in [0.4, 0.5) is 5.00 Å². The number of benzene rings is 1. The predicted molar refractivity (Wildman–Crippen MR) is 141 cm³/mol. The number of nitrogens with one attached hydrogen (secondary N) is 1. The molecule has 1 aliphatic rings. The molecule has 1 aliphatic carbocycles. The first-order valence-corrected chi connectivity index (χ1v) is 13.9. The van der Waals surface area contributed by atoms with Crippen LogP contribution >= 0.6 is 46.3 Å². The summed E-state index contributed by atoms with van der Waals surface area (Å²) in [5.41, 5.74) is 1.74. The lowest BCUT2D eigenvalue weighted by Gasteiger charge is -2.15. The maximum Gasteiger partial charge on any atom is 0.235 e. The molecule has 35 heavy (non-hydrogen) atoms. The minimum absolute atomic E-state index is 0.150. The van der Waals surface area contributed by atoms with Gasteiger partial charge in [0.15, 0.2) is 17.1 Å². The quantitative estimate of drug-likeness (QED) is 0.334. The Balaban J connectivity index is 1.38. The number of rotatable bonds is 7. The van der Waals surface area contributed by atoms with Crippen LogP contribution in [0.25, 0.3) is 0 Å². The van der Waals surface area contributed by atoms with Crippen molar-refractivity contribution in [2.45, 2.75) is 56.7 Å². The van der Waals surface area contributed by atoms with Gasteiger partial charge in [0, 0.05) is 16.9 Å². The molecule has 0 radical (unpaired) electrons. The van der Waals surface area contributed by atoms with E-state index in [0.29, 0.717) is 37.3 Å². The van der Waals surface area contributed by atoms with Crippen molar-refractivity contribution in [2.75, 3.05) is 11.1 Å². The van der Waals surface area contributed by atoms with Crippen molar-refractivity contribution in [3.8, 4) is 11.8 Å². The Bertz CT molecular complexity index is 1270. The van der Waals surface area contributed by atoms with Gasteiger partial charge in [0.2, 0.25) is 5.91 Å². The number of fused-ring (bicyclic) bond motifs is 1. The molecule has 11 heteroatoms. The Morgan fingerprint density at radius 1 is 1.29 bits per heavy atom. The van der Waals surface area contributed by atoms with Gasteiger partial charge in [0.1, 0.15) is 16.8 Å². The van der Waals surface area contributed by atoms with Gasteiger partial charge in [-0.15, -0.1) is 21.5 Å². The van der Waals surface area contributed by atoms with Gasteiger partial charge in [-0.05, 0) is 56.4 Å². The molecule has 1 unspecified atom stereocenters. The highest BCUT2D eigenvalue weighted by Crippen LogP contribution is 2.37. The summed E-state index contributed by atoms with van der Waals surface area (Å²) in [7, 11) is 1.83. The molecule has 184 valence electrons. The van der Waals surface area contributed by atoms with Crippen LogP contribution in [0.1, 0.15) is 60.5 Å². The second kappa shape index (κ2) is 11.7. The summed E-state index contributed by atoms with van der Waals surface area (Å²) in [6, 6.07) is 7.34. The summed E-state index contributed by atoms with van der Waals surface area (Å²) in [5.74, 6) is 1.07. The minimum Gasteiger partial charge on any atom is -0.481 e. The van der Waals surface area contributed by atoms with Crippen LogP contribution in [-0.4, -0.2) is 26.4 Å². The van der Waals surface area contributed by atoms with Gasteiger partial charge >= 0.3 is 0 Å².